The molecule has 196 valence electrons. The molecule has 2 heterocycles. The topological polar surface area (TPSA) is 111 Å². The van der Waals surface area contributed by atoms with Gasteiger partial charge >= 0.3 is 5.56 Å². The second-order valence-corrected chi connectivity index (χ2v) is 11.9. The third kappa shape index (κ3) is 5.76. The Hall–Kier alpha value is -3.08. The molecule has 3 aromatic rings. The lowest BCUT2D eigenvalue weighted by Gasteiger charge is -2.36. The molecule has 9 nitrogen and oxygen atoms in total. The lowest BCUT2D eigenvalue weighted by Crippen LogP contribution is -2.49. The van der Waals surface area contributed by atoms with E-state index in [0.717, 1.165) is 25.7 Å². The Labute approximate surface area is 221 Å². The third-order valence-electron chi connectivity index (χ3n) is 6.86. The SMILES string of the molecule is Nc1ccc(CS(=O)(=O)N2CCN(c3cnn(-c4cccc(Cl)c4)c(=O)c3OC3CCCC3)CC2)cc1. The molecule has 1 aromatic heterocycles. The maximum atomic E-state index is 13.6. The van der Waals surface area contributed by atoms with Crippen LogP contribution in [0.25, 0.3) is 5.69 Å². The van der Waals surface area contributed by atoms with E-state index in [1.165, 1.54) is 8.99 Å². The number of piperazine rings is 1. The molecule has 0 spiro atoms. The molecule has 0 unspecified atom stereocenters. The predicted octanol–water partition coefficient (Wildman–Crippen LogP) is 3.44. The number of nitrogen functional groups attached to an aromatic ring is 1. The number of hydrogen-bond donors (Lipinski definition) is 1. The maximum Gasteiger partial charge on any atom is 0.316 e. The molecule has 2 N–H and O–H groups in total. The average Bonchev–Trinajstić information content (AvgIpc) is 3.40. The van der Waals surface area contributed by atoms with Gasteiger partial charge in [0.1, 0.15) is 5.69 Å². The van der Waals surface area contributed by atoms with Gasteiger partial charge in [-0.25, -0.2) is 8.42 Å². The van der Waals surface area contributed by atoms with Crippen molar-refractivity contribution in [1.82, 2.24) is 14.1 Å². The largest absolute Gasteiger partial charge is 0.483 e. The summed E-state index contributed by atoms with van der Waals surface area (Å²) >= 11 is 6.14. The molecule has 1 aliphatic heterocycles. The highest BCUT2D eigenvalue weighted by atomic mass is 35.5. The Bertz CT molecular complexity index is 1410. The van der Waals surface area contributed by atoms with Crippen LogP contribution >= 0.6 is 11.6 Å². The Morgan fingerprint density at radius 2 is 1.73 bits per heavy atom. The summed E-state index contributed by atoms with van der Waals surface area (Å²) in [6.45, 7) is 1.45. The molecule has 11 heteroatoms. The average molecular weight is 544 g/mol. The molecule has 1 saturated carbocycles. The van der Waals surface area contributed by atoms with Gasteiger partial charge in [-0.1, -0.05) is 29.8 Å². The molecule has 2 fully saturated rings. The Balaban J connectivity index is 1.37. The first-order chi connectivity index (χ1) is 17.8. The fourth-order valence-electron chi connectivity index (χ4n) is 4.85. The quantitative estimate of drug-likeness (QED) is 0.454. The minimum absolute atomic E-state index is 0.0248. The Kier molecular flexibility index (Phi) is 7.41. The third-order valence-corrected chi connectivity index (χ3v) is 8.94. The van der Waals surface area contributed by atoms with Crippen molar-refractivity contribution in [1.29, 1.82) is 0 Å². The normalized spacial score (nSPS) is 17.3. The van der Waals surface area contributed by atoms with Gasteiger partial charge in [0.15, 0.2) is 0 Å². The van der Waals surface area contributed by atoms with Gasteiger partial charge in [0.25, 0.3) is 0 Å². The zero-order valence-electron chi connectivity index (χ0n) is 20.4. The second-order valence-electron chi connectivity index (χ2n) is 9.46. The number of halogens is 1. The van der Waals surface area contributed by atoms with Gasteiger partial charge in [-0.3, -0.25) is 4.79 Å². The van der Waals surface area contributed by atoms with Crippen molar-refractivity contribution < 1.29 is 13.2 Å². The number of nitrogens with zero attached hydrogens (tertiary/aromatic N) is 4. The van der Waals surface area contributed by atoms with E-state index in [1.807, 2.05) is 4.90 Å². The van der Waals surface area contributed by atoms with E-state index in [-0.39, 0.29) is 23.2 Å². The highest BCUT2D eigenvalue weighted by molar-refractivity contribution is 7.88. The summed E-state index contributed by atoms with van der Waals surface area (Å²) < 4.78 is 35.1. The molecule has 1 aliphatic carbocycles. The minimum Gasteiger partial charge on any atom is -0.483 e. The van der Waals surface area contributed by atoms with Crippen LogP contribution in [0.5, 0.6) is 5.75 Å². The van der Waals surface area contributed by atoms with Gasteiger partial charge in [-0.15, -0.1) is 0 Å². The highest BCUT2D eigenvalue weighted by Gasteiger charge is 2.30. The summed E-state index contributed by atoms with van der Waals surface area (Å²) in [5, 5.41) is 4.92. The lowest BCUT2D eigenvalue weighted by atomic mass is 10.2. The molecule has 2 aliphatic rings. The van der Waals surface area contributed by atoms with E-state index in [1.54, 1.807) is 54.7 Å². The van der Waals surface area contributed by atoms with Crippen LogP contribution in [0, 0.1) is 0 Å². The van der Waals surface area contributed by atoms with Gasteiger partial charge < -0.3 is 15.4 Å². The number of aromatic nitrogens is 2. The Morgan fingerprint density at radius 3 is 2.41 bits per heavy atom. The standard InChI is InChI=1S/C26H30ClN5O4S/c27-20-4-3-5-22(16-20)32-26(33)25(36-23-6-1-2-7-23)24(17-29-32)30-12-14-31(15-13-30)37(34,35)18-19-8-10-21(28)11-9-19/h3-5,8-11,16-17,23H,1-2,6-7,12-15,18,28H2. The van der Waals surface area contributed by atoms with Crippen LogP contribution in [0.4, 0.5) is 11.4 Å². The Morgan fingerprint density at radius 1 is 1.03 bits per heavy atom. The highest BCUT2D eigenvalue weighted by Crippen LogP contribution is 2.30. The van der Waals surface area contributed by atoms with Gasteiger partial charge in [-0.2, -0.15) is 14.1 Å². The van der Waals surface area contributed by atoms with E-state index in [9.17, 15) is 13.2 Å². The fraction of sp³-hybridized carbons (Fsp3) is 0.385. The van der Waals surface area contributed by atoms with E-state index in [0.29, 0.717) is 53.8 Å². The van der Waals surface area contributed by atoms with Gasteiger partial charge in [0, 0.05) is 36.9 Å². The summed E-state index contributed by atoms with van der Waals surface area (Å²) in [7, 11) is -3.50. The molecule has 0 amide bonds. The van der Waals surface area contributed by atoms with Crippen molar-refractivity contribution in [3.05, 3.63) is 75.7 Å². The van der Waals surface area contributed by atoms with Crippen LogP contribution in [0.3, 0.4) is 0 Å². The number of rotatable bonds is 7. The molecule has 1 saturated heterocycles. The number of anilines is 2. The summed E-state index contributed by atoms with van der Waals surface area (Å²) in [6.07, 6.45) is 5.54. The molecule has 0 atom stereocenters. The zero-order valence-corrected chi connectivity index (χ0v) is 22.0. The molecule has 37 heavy (non-hydrogen) atoms. The summed E-state index contributed by atoms with van der Waals surface area (Å²) in [5.41, 5.74) is 7.79. The van der Waals surface area contributed by atoms with Crippen LogP contribution in [0.1, 0.15) is 31.2 Å². The number of benzene rings is 2. The first-order valence-corrected chi connectivity index (χ1v) is 14.4. The van der Waals surface area contributed by atoms with Gasteiger partial charge in [-0.05, 0) is 61.6 Å². The van der Waals surface area contributed by atoms with Gasteiger partial charge in [0.05, 0.1) is 23.7 Å². The number of sulfonamides is 1. The van der Waals surface area contributed by atoms with Crippen molar-refractivity contribution in [3.8, 4) is 11.4 Å². The first-order valence-electron chi connectivity index (χ1n) is 12.4. The summed E-state index contributed by atoms with van der Waals surface area (Å²) in [6, 6.07) is 13.8. The fourth-order valence-corrected chi connectivity index (χ4v) is 6.55. The van der Waals surface area contributed by atoms with E-state index in [4.69, 9.17) is 22.1 Å². The number of ether oxygens (including phenoxy) is 1. The number of nitrogens with two attached hydrogens (primary N) is 1. The number of hydrogen-bond acceptors (Lipinski definition) is 7. The van der Waals surface area contributed by atoms with Crippen molar-refractivity contribution in [2.75, 3.05) is 36.8 Å². The van der Waals surface area contributed by atoms with Crippen LogP contribution in [0.2, 0.25) is 5.02 Å². The van der Waals surface area contributed by atoms with Crippen LogP contribution in [0.15, 0.2) is 59.5 Å². The molecule has 0 bridgehead atoms. The van der Waals surface area contributed by atoms with E-state index >= 15 is 0 Å². The molecular formula is C26H30ClN5O4S. The van der Waals surface area contributed by atoms with Crippen LogP contribution in [-0.4, -0.2) is 54.8 Å². The first kappa shape index (κ1) is 25.6. The van der Waals surface area contributed by atoms with Crippen LogP contribution < -0.4 is 20.9 Å². The molecule has 2 aromatic carbocycles. The predicted molar refractivity (Wildman–Crippen MR) is 145 cm³/mol. The van der Waals surface area contributed by atoms with E-state index in [2.05, 4.69) is 5.10 Å². The zero-order chi connectivity index (χ0) is 26.0. The molecule has 5 rings (SSSR count). The smallest absolute Gasteiger partial charge is 0.316 e. The van der Waals surface area contributed by atoms with Crippen molar-refractivity contribution in [3.63, 3.8) is 0 Å². The van der Waals surface area contributed by atoms with E-state index < -0.39 is 10.0 Å². The second kappa shape index (κ2) is 10.7. The molecular weight excluding hydrogens is 514 g/mol. The minimum atomic E-state index is -3.50. The maximum absolute atomic E-state index is 13.6. The molecule has 0 radical (unpaired) electrons. The summed E-state index contributed by atoms with van der Waals surface area (Å²) in [5.74, 6) is 0.167. The monoisotopic (exact) mass is 543 g/mol. The lowest BCUT2D eigenvalue weighted by molar-refractivity contribution is 0.205. The van der Waals surface area contributed by atoms with Crippen molar-refractivity contribution in [2.24, 2.45) is 0 Å². The van der Waals surface area contributed by atoms with Crippen LogP contribution in [-0.2, 0) is 15.8 Å². The van der Waals surface area contributed by atoms with Gasteiger partial charge in [0.2, 0.25) is 15.8 Å². The van der Waals surface area contributed by atoms with Crippen molar-refractivity contribution in [2.45, 2.75) is 37.5 Å². The summed E-state index contributed by atoms with van der Waals surface area (Å²) in [4.78, 5) is 15.6. The van der Waals surface area contributed by atoms with Crippen molar-refractivity contribution >= 4 is 33.0 Å².